The van der Waals surface area contributed by atoms with E-state index >= 15 is 0 Å². The second kappa shape index (κ2) is 6.79. The van der Waals surface area contributed by atoms with Crippen molar-refractivity contribution in [2.24, 2.45) is 0 Å². The number of ketones is 2. The molecule has 0 fully saturated rings. The van der Waals surface area contributed by atoms with Gasteiger partial charge in [-0.1, -0.05) is 42.5 Å². The van der Waals surface area contributed by atoms with Crippen LogP contribution >= 0.6 is 0 Å². The van der Waals surface area contributed by atoms with Gasteiger partial charge >= 0.3 is 0 Å². The van der Waals surface area contributed by atoms with Crippen molar-refractivity contribution in [2.75, 3.05) is 0 Å². The lowest BCUT2D eigenvalue weighted by molar-refractivity contribution is -0.384. The number of benzene rings is 2. The molecule has 2 aromatic carbocycles. The molecule has 1 heterocycles. The number of allylic oxidation sites excluding steroid dienone is 1. The van der Waals surface area contributed by atoms with E-state index in [0.717, 1.165) is 0 Å². The zero-order chi connectivity index (χ0) is 19.0. The summed E-state index contributed by atoms with van der Waals surface area (Å²) >= 11 is 0. The number of carbonyl (C=O) groups is 2. The Morgan fingerprint density at radius 1 is 1.04 bits per heavy atom. The number of rotatable bonds is 4. The minimum atomic E-state index is -0.832. The van der Waals surface area contributed by atoms with Crippen LogP contribution in [-0.2, 0) is 9.53 Å². The monoisotopic (exact) mass is 363 g/mol. The SMILES string of the molecule is O=C1CCCC2=C1[C@H](c1ccc([N+](=O)[O-])cc1)[C@@H](C(=O)c1ccccc1)O2. The molecular weight excluding hydrogens is 346 g/mol. The first-order chi connectivity index (χ1) is 13.1. The summed E-state index contributed by atoms with van der Waals surface area (Å²) in [5.41, 5.74) is 1.70. The van der Waals surface area contributed by atoms with Crippen LogP contribution < -0.4 is 0 Å². The number of nitrogens with zero attached hydrogens (tertiary/aromatic N) is 1. The molecule has 2 aliphatic rings. The molecule has 0 N–H and O–H groups in total. The Kier molecular flexibility index (Phi) is 4.32. The maximum Gasteiger partial charge on any atom is 0.269 e. The van der Waals surface area contributed by atoms with E-state index in [1.54, 1.807) is 36.4 Å². The summed E-state index contributed by atoms with van der Waals surface area (Å²) in [5, 5.41) is 10.9. The van der Waals surface area contributed by atoms with E-state index in [0.29, 0.717) is 41.7 Å². The zero-order valence-electron chi connectivity index (χ0n) is 14.5. The zero-order valence-corrected chi connectivity index (χ0v) is 14.5. The average Bonchev–Trinajstić information content (AvgIpc) is 3.09. The molecular formula is C21H17NO5. The number of non-ortho nitro benzene ring substituents is 1. The smallest absolute Gasteiger partial charge is 0.269 e. The highest BCUT2D eigenvalue weighted by Crippen LogP contribution is 2.45. The molecule has 6 nitrogen and oxygen atoms in total. The minimum absolute atomic E-state index is 0.0111. The van der Waals surface area contributed by atoms with Crippen molar-refractivity contribution < 1.29 is 19.2 Å². The molecule has 0 saturated carbocycles. The largest absolute Gasteiger partial charge is 0.485 e. The van der Waals surface area contributed by atoms with Crippen LogP contribution in [0.1, 0.15) is 41.1 Å². The number of carbonyl (C=O) groups excluding carboxylic acids is 2. The van der Waals surface area contributed by atoms with Crippen LogP contribution in [0.4, 0.5) is 5.69 Å². The second-order valence-corrected chi connectivity index (χ2v) is 6.71. The van der Waals surface area contributed by atoms with Crippen molar-refractivity contribution in [3.63, 3.8) is 0 Å². The first-order valence-electron chi connectivity index (χ1n) is 8.83. The van der Waals surface area contributed by atoms with Crippen LogP contribution in [0.25, 0.3) is 0 Å². The number of hydrogen-bond acceptors (Lipinski definition) is 5. The van der Waals surface area contributed by atoms with Crippen LogP contribution in [0.15, 0.2) is 65.9 Å². The van der Waals surface area contributed by atoms with Gasteiger partial charge < -0.3 is 4.74 Å². The lowest BCUT2D eigenvalue weighted by atomic mass is 9.80. The molecule has 2 atom stereocenters. The fourth-order valence-electron chi connectivity index (χ4n) is 3.79. The molecule has 0 saturated heterocycles. The van der Waals surface area contributed by atoms with Crippen LogP contribution in [0, 0.1) is 10.1 Å². The van der Waals surface area contributed by atoms with E-state index in [1.807, 2.05) is 6.07 Å². The topological polar surface area (TPSA) is 86.5 Å². The van der Waals surface area contributed by atoms with Crippen molar-refractivity contribution in [2.45, 2.75) is 31.3 Å². The molecule has 0 unspecified atom stereocenters. The summed E-state index contributed by atoms with van der Waals surface area (Å²) in [4.78, 5) is 36.1. The molecule has 0 bridgehead atoms. The van der Waals surface area contributed by atoms with Crippen molar-refractivity contribution >= 4 is 17.3 Å². The van der Waals surface area contributed by atoms with Crippen molar-refractivity contribution in [3.05, 3.63) is 87.2 Å². The van der Waals surface area contributed by atoms with Gasteiger partial charge in [-0.2, -0.15) is 0 Å². The Hall–Kier alpha value is -3.28. The van der Waals surface area contributed by atoms with Gasteiger partial charge in [0.05, 0.1) is 10.8 Å². The van der Waals surface area contributed by atoms with Crippen molar-refractivity contribution in [3.8, 4) is 0 Å². The van der Waals surface area contributed by atoms with Crippen LogP contribution in [-0.4, -0.2) is 22.6 Å². The molecule has 136 valence electrons. The predicted octanol–water partition coefficient (Wildman–Crippen LogP) is 3.97. The molecule has 4 rings (SSSR count). The lowest BCUT2D eigenvalue weighted by Gasteiger charge is -2.20. The van der Waals surface area contributed by atoms with Gasteiger partial charge in [0.2, 0.25) is 5.78 Å². The fourth-order valence-corrected chi connectivity index (χ4v) is 3.79. The predicted molar refractivity (Wildman–Crippen MR) is 97.4 cm³/mol. The Morgan fingerprint density at radius 2 is 1.74 bits per heavy atom. The van der Waals surface area contributed by atoms with Crippen molar-refractivity contribution in [1.82, 2.24) is 0 Å². The van der Waals surface area contributed by atoms with Crippen LogP contribution in [0.2, 0.25) is 0 Å². The fraction of sp³-hybridized carbons (Fsp3) is 0.238. The third-order valence-electron chi connectivity index (χ3n) is 5.07. The molecule has 0 spiro atoms. The van der Waals surface area contributed by atoms with E-state index in [-0.39, 0.29) is 17.3 Å². The molecule has 6 heteroatoms. The van der Waals surface area contributed by atoms with Gasteiger partial charge in [-0.15, -0.1) is 0 Å². The number of ether oxygens (including phenoxy) is 1. The van der Waals surface area contributed by atoms with E-state index in [1.165, 1.54) is 12.1 Å². The number of nitro groups is 1. The molecule has 2 aromatic rings. The number of nitro benzene ring substituents is 1. The molecule has 1 aliphatic carbocycles. The third kappa shape index (κ3) is 3.03. The second-order valence-electron chi connectivity index (χ2n) is 6.71. The maximum atomic E-state index is 13.1. The normalized spacial score (nSPS) is 21.6. The summed E-state index contributed by atoms with van der Waals surface area (Å²) in [5.74, 6) is -0.158. The Morgan fingerprint density at radius 3 is 2.41 bits per heavy atom. The highest BCUT2D eigenvalue weighted by molar-refractivity contribution is 6.05. The lowest BCUT2D eigenvalue weighted by Crippen LogP contribution is -2.28. The Bertz CT molecular complexity index is 946. The Labute approximate surface area is 155 Å². The number of hydrogen-bond donors (Lipinski definition) is 0. The third-order valence-corrected chi connectivity index (χ3v) is 5.07. The quantitative estimate of drug-likeness (QED) is 0.466. The van der Waals surface area contributed by atoms with Gasteiger partial charge in [0.15, 0.2) is 11.9 Å². The Balaban J connectivity index is 1.76. The molecule has 0 radical (unpaired) electrons. The van der Waals surface area contributed by atoms with Crippen molar-refractivity contribution in [1.29, 1.82) is 0 Å². The molecule has 0 aromatic heterocycles. The average molecular weight is 363 g/mol. The minimum Gasteiger partial charge on any atom is -0.485 e. The molecule has 0 amide bonds. The number of Topliss-reactive ketones (excluding diaryl/α,β-unsaturated/α-hetero) is 2. The summed E-state index contributed by atoms with van der Waals surface area (Å²) in [6.45, 7) is 0. The van der Waals surface area contributed by atoms with E-state index in [2.05, 4.69) is 0 Å². The van der Waals surface area contributed by atoms with Gasteiger partial charge in [0, 0.05) is 36.1 Å². The highest BCUT2D eigenvalue weighted by Gasteiger charge is 2.45. The summed E-state index contributed by atoms with van der Waals surface area (Å²) in [6.07, 6.45) is 0.929. The van der Waals surface area contributed by atoms with E-state index < -0.39 is 16.9 Å². The van der Waals surface area contributed by atoms with Gasteiger partial charge in [-0.25, -0.2) is 0 Å². The van der Waals surface area contributed by atoms with Gasteiger partial charge in [0.25, 0.3) is 5.69 Å². The standard InChI is InChI=1S/C21H17NO5/c23-16-7-4-8-17-19(16)18(13-9-11-15(12-10-13)22(25)26)21(27-17)20(24)14-5-2-1-3-6-14/h1-3,5-6,9-12,18,21H,4,7-8H2/t18-,21-/m0/s1. The first-order valence-corrected chi connectivity index (χ1v) is 8.83. The van der Waals surface area contributed by atoms with Crippen LogP contribution in [0.5, 0.6) is 0 Å². The summed E-state index contributed by atoms with van der Waals surface area (Å²) in [7, 11) is 0. The summed E-state index contributed by atoms with van der Waals surface area (Å²) in [6, 6.07) is 14.8. The first kappa shape index (κ1) is 17.1. The maximum absolute atomic E-state index is 13.1. The van der Waals surface area contributed by atoms with Crippen LogP contribution in [0.3, 0.4) is 0 Å². The van der Waals surface area contributed by atoms with Gasteiger partial charge in [-0.3, -0.25) is 19.7 Å². The molecule has 1 aliphatic heterocycles. The highest BCUT2D eigenvalue weighted by atomic mass is 16.6. The van der Waals surface area contributed by atoms with E-state index in [4.69, 9.17) is 4.74 Å². The van der Waals surface area contributed by atoms with Gasteiger partial charge in [-0.05, 0) is 12.0 Å². The summed E-state index contributed by atoms with van der Waals surface area (Å²) < 4.78 is 5.97. The van der Waals surface area contributed by atoms with E-state index in [9.17, 15) is 19.7 Å². The van der Waals surface area contributed by atoms with Gasteiger partial charge in [0.1, 0.15) is 5.76 Å². The molecule has 27 heavy (non-hydrogen) atoms.